The van der Waals surface area contributed by atoms with Gasteiger partial charge in [-0.2, -0.15) is 4.31 Å². The molecule has 0 N–H and O–H groups in total. The van der Waals surface area contributed by atoms with Crippen molar-refractivity contribution in [1.29, 1.82) is 0 Å². The van der Waals surface area contributed by atoms with E-state index in [4.69, 9.17) is 8.83 Å². The molecule has 1 saturated heterocycles. The average molecular weight is 471 g/mol. The lowest BCUT2D eigenvalue weighted by atomic mass is 9.96. The molecule has 0 bridgehead atoms. The van der Waals surface area contributed by atoms with E-state index in [0.29, 0.717) is 55.4 Å². The van der Waals surface area contributed by atoms with Gasteiger partial charge in [-0.3, -0.25) is 4.79 Å². The zero-order chi connectivity index (χ0) is 23.6. The molecule has 3 heterocycles. The Morgan fingerprint density at radius 1 is 0.970 bits per heavy atom. The van der Waals surface area contributed by atoms with Crippen molar-refractivity contribution in [2.45, 2.75) is 51.6 Å². The Balaban J connectivity index is 1.47. The largest absolute Gasteiger partial charge is 0.467 e. The van der Waals surface area contributed by atoms with E-state index in [-0.39, 0.29) is 11.8 Å². The topological polar surface area (TPSA) is 84.0 Å². The third-order valence-electron chi connectivity index (χ3n) is 6.17. The number of carbonyl (C=O) groups is 1. The number of rotatable bonds is 7. The number of nitrogens with zero attached hydrogens (tertiary/aromatic N) is 2. The summed E-state index contributed by atoms with van der Waals surface area (Å²) in [6, 6.07) is 11.1. The molecular formula is C25H30N2O5S. The Morgan fingerprint density at radius 2 is 1.48 bits per heavy atom. The summed E-state index contributed by atoms with van der Waals surface area (Å²) in [4.78, 5) is 15.5. The van der Waals surface area contributed by atoms with Crippen LogP contribution in [0.1, 0.15) is 41.1 Å². The number of benzene rings is 1. The summed E-state index contributed by atoms with van der Waals surface area (Å²) in [5.41, 5.74) is 2.56. The number of furan rings is 2. The van der Waals surface area contributed by atoms with Crippen LogP contribution in [0.15, 0.2) is 62.7 Å². The second kappa shape index (κ2) is 9.57. The van der Waals surface area contributed by atoms with Gasteiger partial charge in [-0.15, -0.1) is 0 Å². The first-order valence-corrected chi connectivity index (χ1v) is 12.6. The monoisotopic (exact) mass is 470 g/mol. The van der Waals surface area contributed by atoms with Crippen LogP contribution in [0.5, 0.6) is 0 Å². The van der Waals surface area contributed by atoms with Gasteiger partial charge in [0.25, 0.3) is 0 Å². The fourth-order valence-corrected chi connectivity index (χ4v) is 6.58. The van der Waals surface area contributed by atoms with Crippen LogP contribution in [0, 0.1) is 26.7 Å². The van der Waals surface area contributed by atoms with E-state index in [9.17, 15) is 13.2 Å². The van der Waals surface area contributed by atoms with Crippen molar-refractivity contribution in [2.75, 3.05) is 13.1 Å². The van der Waals surface area contributed by atoms with E-state index in [1.165, 1.54) is 4.31 Å². The van der Waals surface area contributed by atoms with Gasteiger partial charge >= 0.3 is 0 Å². The highest BCUT2D eigenvalue weighted by molar-refractivity contribution is 7.89. The molecule has 1 aliphatic heterocycles. The van der Waals surface area contributed by atoms with Crippen molar-refractivity contribution in [2.24, 2.45) is 5.92 Å². The number of aryl methyl sites for hydroxylation is 3. The van der Waals surface area contributed by atoms with Gasteiger partial charge in [0, 0.05) is 19.0 Å². The molecule has 0 aliphatic carbocycles. The maximum absolute atomic E-state index is 13.4. The molecule has 0 unspecified atom stereocenters. The number of amides is 1. The molecule has 1 fully saturated rings. The normalized spacial score (nSPS) is 15.6. The molecule has 0 atom stereocenters. The zero-order valence-corrected chi connectivity index (χ0v) is 20.1. The molecule has 8 heteroatoms. The van der Waals surface area contributed by atoms with Gasteiger partial charge in [-0.25, -0.2) is 8.42 Å². The Hall–Kier alpha value is -2.84. The summed E-state index contributed by atoms with van der Waals surface area (Å²) in [5, 5.41) is 0. The van der Waals surface area contributed by atoms with Crippen LogP contribution < -0.4 is 0 Å². The Labute approximate surface area is 195 Å². The third kappa shape index (κ3) is 5.07. The zero-order valence-electron chi connectivity index (χ0n) is 19.3. The molecule has 1 amide bonds. The van der Waals surface area contributed by atoms with E-state index >= 15 is 0 Å². The lowest BCUT2D eigenvalue weighted by Gasteiger charge is -2.33. The number of hydrogen-bond donors (Lipinski definition) is 0. The molecule has 0 spiro atoms. The van der Waals surface area contributed by atoms with Gasteiger partial charge in [0.2, 0.25) is 15.9 Å². The first kappa shape index (κ1) is 23.3. The van der Waals surface area contributed by atoms with Crippen LogP contribution in [0.3, 0.4) is 0 Å². The molecule has 3 aromatic rings. The molecule has 0 radical (unpaired) electrons. The first-order chi connectivity index (χ1) is 15.8. The molecule has 0 saturated carbocycles. The van der Waals surface area contributed by atoms with E-state index in [2.05, 4.69) is 0 Å². The van der Waals surface area contributed by atoms with Crippen molar-refractivity contribution >= 4 is 15.9 Å². The summed E-state index contributed by atoms with van der Waals surface area (Å²) in [6.07, 6.45) is 4.14. The van der Waals surface area contributed by atoms with Crippen molar-refractivity contribution in [3.63, 3.8) is 0 Å². The minimum atomic E-state index is -3.61. The lowest BCUT2D eigenvalue weighted by molar-refractivity contribution is -0.138. The fraction of sp³-hybridized carbons (Fsp3) is 0.400. The van der Waals surface area contributed by atoms with Gasteiger partial charge in [0.05, 0.1) is 30.5 Å². The van der Waals surface area contributed by atoms with E-state index in [0.717, 1.165) is 16.7 Å². The van der Waals surface area contributed by atoms with Crippen molar-refractivity contribution in [3.05, 3.63) is 77.1 Å². The molecule has 1 aromatic carbocycles. The smallest absolute Gasteiger partial charge is 0.243 e. The summed E-state index contributed by atoms with van der Waals surface area (Å²) >= 11 is 0. The maximum atomic E-state index is 13.4. The summed E-state index contributed by atoms with van der Waals surface area (Å²) in [5.74, 6) is 1.13. The van der Waals surface area contributed by atoms with Crippen LogP contribution in [-0.2, 0) is 27.9 Å². The van der Waals surface area contributed by atoms with Crippen molar-refractivity contribution in [3.8, 4) is 0 Å². The summed E-state index contributed by atoms with van der Waals surface area (Å²) in [7, 11) is -3.61. The minimum Gasteiger partial charge on any atom is -0.467 e. The number of piperidine rings is 1. The van der Waals surface area contributed by atoms with Gasteiger partial charge in [0.1, 0.15) is 11.5 Å². The second-order valence-electron chi connectivity index (χ2n) is 8.76. The average Bonchev–Trinajstić information content (AvgIpc) is 3.46. The van der Waals surface area contributed by atoms with Gasteiger partial charge in [-0.1, -0.05) is 17.7 Å². The Morgan fingerprint density at radius 3 is 1.94 bits per heavy atom. The van der Waals surface area contributed by atoms with Crippen LogP contribution in [0.25, 0.3) is 0 Å². The van der Waals surface area contributed by atoms with Crippen LogP contribution in [0.2, 0.25) is 0 Å². The van der Waals surface area contributed by atoms with E-state index in [1.54, 1.807) is 29.6 Å². The molecule has 4 rings (SSSR count). The number of hydrogen-bond acceptors (Lipinski definition) is 5. The van der Waals surface area contributed by atoms with Crippen LogP contribution >= 0.6 is 0 Å². The highest BCUT2D eigenvalue weighted by Crippen LogP contribution is 2.30. The quantitative estimate of drug-likeness (QED) is 0.510. The van der Waals surface area contributed by atoms with E-state index in [1.807, 2.05) is 45.0 Å². The lowest BCUT2D eigenvalue weighted by Crippen LogP contribution is -2.44. The molecule has 176 valence electrons. The van der Waals surface area contributed by atoms with Gasteiger partial charge < -0.3 is 13.7 Å². The third-order valence-corrected chi connectivity index (χ3v) is 8.38. The standard InChI is InChI=1S/C25H30N2O5S/c1-18-14-19(2)24(20(3)15-18)33(29,30)27-10-8-21(9-11-27)25(28)26(16-22-6-4-12-31-22)17-23-7-5-13-32-23/h4-7,12-15,21H,8-11,16-17H2,1-3H3. The van der Waals surface area contributed by atoms with Gasteiger partial charge in [-0.05, 0) is 69.0 Å². The fourth-order valence-electron chi connectivity index (χ4n) is 4.70. The Kier molecular flexibility index (Phi) is 6.76. The molecular weight excluding hydrogens is 440 g/mol. The number of carbonyl (C=O) groups excluding carboxylic acids is 1. The minimum absolute atomic E-state index is 0.0115. The second-order valence-corrected chi connectivity index (χ2v) is 10.6. The highest BCUT2D eigenvalue weighted by Gasteiger charge is 2.35. The van der Waals surface area contributed by atoms with Crippen molar-refractivity contribution < 1.29 is 22.0 Å². The van der Waals surface area contributed by atoms with Crippen molar-refractivity contribution in [1.82, 2.24) is 9.21 Å². The molecule has 2 aromatic heterocycles. The predicted molar refractivity (Wildman–Crippen MR) is 124 cm³/mol. The molecule has 1 aliphatic rings. The van der Waals surface area contributed by atoms with Crippen LogP contribution in [0.4, 0.5) is 0 Å². The molecule has 7 nitrogen and oxygen atoms in total. The summed E-state index contributed by atoms with van der Waals surface area (Å²) < 4.78 is 39.2. The summed E-state index contributed by atoms with van der Waals surface area (Å²) in [6.45, 7) is 6.96. The first-order valence-electron chi connectivity index (χ1n) is 11.2. The maximum Gasteiger partial charge on any atom is 0.243 e. The SMILES string of the molecule is Cc1cc(C)c(S(=O)(=O)N2CCC(C(=O)N(Cc3ccco3)Cc3ccco3)CC2)c(C)c1. The Bertz CT molecular complexity index is 1130. The highest BCUT2D eigenvalue weighted by atomic mass is 32.2. The predicted octanol–water partition coefficient (Wildman–Crippen LogP) is 4.43. The molecule has 33 heavy (non-hydrogen) atoms. The van der Waals surface area contributed by atoms with Gasteiger partial charge in [0.15, 0.2) is 0 Å². The van der Waals surface area contributed by atoms with E-state index < -0.39 is 10.0 Å². The van der Waals surface area contributed by atoms with Crippen LogP contribution in [-0.4, -0.2) is 36.6 Å². The number of sulfonamides is 1.